The summed E-state index contributed by atoms with van der Waals surface area (Å²) in [7, 11) is -1.87. The lowest BCUT2D eigenvalue weighted by Gasteiger charge is -2.19. The first-order chi connectivity index (χ1) is 8.98. The molecule has 6 nitrogen and oxygen atoms in total. The predicted octanol–water partition coefficient (Wildman–Crippen LogP) is 0.800. The maximum Gasteiger partial charge on any atom is 0.247 e. The van der Waals surface area contributed by atoms with Gasteiger partial charge in [-0.3, -0.25) is 5.10 Å². The van der Waals surface area contributed by atoms with Gasteiger partial charge in [-0.1, -0.05) is 12.2 Å². The van der Waals surface area contributed by atoms with Crippen LogP contribution in [0, 0.1) is 6.92 Å². The summed E-state index contributed by atoms with van der Waals surface area (Å²) in [5.41, 5.74) is 1.02. The number of nitrogens with one attached hydrogen (secondary N) is 2. The second kappa shape index (κ2) is 6.65. The number of nitrogens with zero attached hydrogens (tertiary/aromatic N) is 2. The fourth-order valence-corrected chi connectivity index (χ4v) is 3.50. The van der Waals surface area contributed by atoms with E-state index >= 15 is 0 Å². The zero-order valence-corrected chi connectivity index (χ0v) is 12.1. The van der Waals surface area contributed by atoms with Crippen molar-refractivity contribution in [2.75, 3.05) is 20.1 Å². The molecule has 0 aliphatic heterocycles. The van der Waals surface area contributed by atoms with Crippen molar-refractivity contribution in [1.82, 2.24) is 19.8 Å². The summed E-state index contributed by atoms with van der Waals surface area (Å²) < 4.78 is 26.6. The molecule has 0 fully saturated rings. The van der Waals surface area contributed by atoms with Crippen molar-refractivity contribution in [3.63, 3.8) is 0 Å². The lowest BCUT2D eigenvalue weighted by molar-refractivity contribution is 0.472. The molecule has 0 aliphatic carbocycles. The minimum absolute atomic E-state index is 0.227. The molecule has 106 valence electrons. The molecule has 0 atom stereocenters. The molecule has 19 heavy (non-hydrogen) atoms. The van der Waals surface area contributed by atoms with E-state index in [-0.39, 0.29) is 18.0 Å². The first-order valence-corrected chi connectivity index (χ1v) is 7.33. The molecular formula is C12H20N4O2S. The highest BCUT2D eigenvalue weighted by atomic mass is 32.2. The molecule has 0 aromatic carbocycles. The summed E-state index contributed by atoms with van der Waals surface area (Å²) in [4.78, 5) is 0.227. The third kappa shape index (κ3) is 3.31. The molecule has 1 aromatic heterocycles. The Labute approximate surface area is 114 Å². The number of aryl methyl sites for hydroxylation is 1. The van der Waals surface area contributed by atoms with Crippen molar-refractivity contribution >= 4 is 10.0 Å². The number of aromatic amines is 1. The van der Waals surface area contributed by atoms with E-state index in [1.165, 1.54) is 4.31 Å². The summed E-state index contributed by atoms with van der Waals surface area (Å²) in [6.45, 7) is 9.71. The smallest absolute Gasteiger partial charge is 0.247 e. The minimum Gasteiger partial charge on any atom is -0.314 e. The van der Waals surface area contributed by atoms with Gasteiger partial charge < -0.3 is 5.32 Å². The standard InChI is InChI=1S/C12H20N4O2S/c1-5-7-16(8-6-2)19(17,18)12-10(3)14-15-11(12)9-13-4/h5-6,13H,1-2,7-9H2,3-4H3,(H,14,15). The molecule has 0 aliphatic rings. The quantitative estimate of drug-likeness (QED) is 0.692. The normalized spacial score (nSPS) is 11.7. The average molecular weight is 284 g/mol. The number of H-pyrrole nitrogens is 1. The minimum atomic E-state index is -3.61. The van der Waals surface area contributed by atoms with Gasteiger partial charge in [-0.15, -0.1) is 13.2 Å². The van der Waals surface area contributed by atoms with Crippen LogP contribution < -0.4 is 5.32 Å². The van der Waals surface area contributed by atoms with Gasteiger partial charge in [-0.2, -0.15) is 9.40 Å². The largest absolute Gasteiger partial charge is 0.314 e. The molecule has 0 saturated heterocycles. The highest BCUT2D eigenvalue weighted by Gasteiger charge is 2.29. The van der Waals surface area contributed by atoms with Gasteiger partial charge in [0.05, 0.1) is 11.4 Å². The van der Waals surface area contributed by atoms with E-state index in [2.05, 4.69) is 28.7 Å². The van der Waals surface area contributed by atoms with Crippen LogP contribution in [0.5, 0.6) is 0 Å². The topological polar surface area (TPSA) is 78.1 Å². The number of hydrogen-bond acceptors (Lipinski definition) is 4. The molecule has 0 bridgehead atoms. The van der Waals surface area contributed by atoms with Crippen molar-refractivity contribution in [1.29, 1.82) is 0 Å². The van der Waals surface area contributed by atoms with Crippen LogP contribution in [-0.4, -0.2) is 43.1 Å². The molecule has 0 radical (unpaired) electrons. The Kier molecular flexibility index (Phi) is 5.46. The van der Waals surface area contributed by atoms with E-state index in [9.17, 15) is 8.42 Å². The summed E-state index contributed by atoms with van der Waals surface area (Å²) in [6, 6.07) is 0. The van der Waals surface area contributed by atoms with E-state index in [0.29, 0.717) is 17.9 Å². The van der Waals surface area contributed by atoms with Gasteiger partial charge in [0.1, 0.15) is 4.90 Å². The van der Waals surface area contributed by atoms with Crippen LogP contribution in [0.4, 0.5) is 0 Å². The highest BCUT2D eigenvalue weighted by Crippen LogP contribution is 2.22. The van der Waals surface area contributed by atoms with Gasteiger partial charge in [-0.05, 0) is 14.0 Å². The van der Waals surface area contributed by atoms with Gasteiger partial charge in [0.25, 0.3) is 0 Å². The van der Waals surface area contributed by atoms with Gasteiger partial charge in [0.15, 0.2) is 0 Å². The fourth-order valence-electron chi connectivity index (χ4n) is 1.79. The summed E-state index contributed by atoms with van der Waals surface area (Å²) >= 11 is 0. The molecule has 1 rings (SSSR count). The number of sulfonamides is 1. The van der Waals surface area contributed by atoms with Crippen LogP contribution in [0.15, 0.2) is 30.2 Å². The zero-order valence-electron chi connectivity index (χ0n) is 11.3. The highest BCUT2D eigenvalue weighted by molar-refractivity contribution is 7.89. The second-order valence-electron chi connectivity index (χ2n) is 4.05. The van der Waals surface area contributed by atoms with Crippen molar-refractivity contribution < 1.29 is 8.42 Å². The molecular weight excluding hydrogens is 264 g/mol. The third-order valence-electron chi connectivity index (χ3n) is 2.57. The molecule has 0 spiro atoms. The lowest BCUT2D eigenvalue weighted by Crippen LogP contribution is -2.32. The van der Waals surface area contributed by atoms with Crippen LogP contribution in [0.1, 0.15) is 11.4 Å². The fraction of sp³-hybridized carbons (Fsp3) is 0.417. The SMILES string of the molecule is C=CCN(CC=C)S(=O)(=O)c1c(CNC)n[nH]c1C. The summed E-state index contributed by atoms with van der Waals surface area (Å²) in [6.07, 6.45) is 3.10. The maximum absolute atomic E-state index is 12.6. The zero-order chi connectivity index (χ0) is 14.5. The summed E-state index contributed by atoms with van der Waals surface area (Å²) in [5, 5.41) is 9.66. The van der Waals surface area contributed by atoms with E-state index in [1.54, 1.807) is 26.1 Å². The van der Waals surface area contributed by atoms with E-state index in [0.717, 1.165) is 0 Å². The Morgan fingerprint density at radius 1 is 1.37 bits per heavy atom. The average Bonchev–Trinajstić information content (AvgIpc) is 2.71. The van der Waals surface area contributed by atoms with E-state index in [1.807, 2.05) is 0 Å². The van der Waals surface area contributed by atoms with Crippen molar-refractivity contribution in [2.45, 2.75) is 18.4 Å². The third-order valence-corrected chi connectivity index (χ3v) is 4.60. The Hall–Kier alpha value is -1.44. The van der Waals surface area contributed by atoms with Crippen molar-refractivity contribution in [3.05, 3.63) is 36.7 Å². The number of rotatable bonds is 8. The molecule has 0 amide bonds. The number of hydrogen-bond donors (Lipinski definition) is 2. The van der Waals surface area contributed by atoms with Gasteiger partial charge in [0, 0.05) is 19.6 Å². The predicted molar refractivity (Wildman–Crippen MR) is 75.2 cm³/mol. The van der Waals surface area contributed by atoms with Crippen molar-refractivity contribution in [3.8, 4) is 0 Å². The van der Waals surface area contributed by atoms with E-state index in [4.69, 9.17) is 0 Å². The Morgan fingerprint density at radius 2 is 1.95 bits per heavy atom. The van der Waals surface area contributed by atoms with Crippen molar-refractivity contribution in [2.24, 2.45) is 0 Å². The summed E-state index contributed by atoms with van der Waals surface area (Å²) in [5.74, 6) is 0. The van der Waals surface area contributed by atoms with Crippen LogP contribution in [0.2, 0.25) is 0 Å². The molecule has 7 heteroatoms. The molecule has 0 unspecified atom stereocenters. The monoisotopic (exact) mass is 284 g/mol. The second-order valence-corrected chi connectivity index (χ2v) is 5.93. The van der Waals surface area contributed by atoms with Gasteiger partial charge >= 0.3 is 0 Å². The van der Waals surface area contributed by atoms with Gasteiger partial charge in [0.2, 0.25) is 10.0 Å². The molecule has 1 aromatic rings. The first-order valence-electron chi connectivity index (χ1n) is 5.89. The Bertz CT molecular complexity index is 538. The Balaban J connectivity index is 3.27. The molecule has 2 N–H and O–H groups in total. The molecule has 0 saturated carbocycles. The van der Waals surface area contributed by atoms with Crippen LogP contribution in [-0.2, 0) is 16.6 Å². The molecule has 1 heterocycles. The van der Waals surface area contributed by atoms with Crippen LogP contribution in [0.3, 0.4) is 0 Å². The van der Waals surface area contributed by atoms with Gasteiger partial charge in [-0.25, -0.2) is 8.42 Å². The van der Waals surface area contributed by atoms with E-state index < -0.39 is 10.0 Å². The number of aromatic nitrogens is 2. The first kappa shape index (κ1) is 15.6. The lowest BCUT2D eigenvalue weighted by atomic mass is 10.4. The van der Waals surface area contributed by atoms with Crippen LogP contribution in [0.25, 0.3) is 0 Å². The Morgan fingerprint density at radius 3 is 2.42 bits per heavy atom. The maximum atomic E-state index is 12.6. The van der Waals surface area contributed by atoms with Crippen LogP contribution >= 0.6 is 0 Å².